The van der Waals surface area contributed by atoms with E-state index in [2.05, 4.69) is 25.3 Å². The molecule has 0 aliphatic heterocycles. The molecule has 4 rings (SSSR count). The fraction of sp³-hybridized carbons (Fsp3) is 0.0500. The van der Waals surface area contributed by atoms with E-state index in [9.17, 15) is 4.79 Å². The molecule has 0 aliphatic rings. The number of hydrogen-bond donors (Lipinski definition) is 1. The molecule has 0 unspecified atom stereocenters. The summed E-state index contributed by atoms with van der Waals surface area (Å²) in [5.74, 6) is 0.432. The number of aromatic nitrogens is 4. The highest BCUT2D eigenvalue weighted by Crippen LogP contribution is 2.21. The summed E-state index contributed by atoms with van der Waals surface area (Å²) in [5.41, 5.74) is 3.21. The zero-order chi connectivity index (χ0) is 18.5. The van der Waals surface area contributed by atoms with Crippen LogP contribution in [0.4, 0.5) is 5.69 Å². The Balaban J connectivity index is 1.44. The molecule has 0 bridgehead atoms. The van der Waals surface area contributed by atoms with E-state index in [-0.39, 0.29) is 12.3 Å². The van der Waals surface area contributed by atoms with Gasteiger partial charge in [0.05, 0.1) is 17.8 Å². The fourth-order valence-electron chi connectivity index (χ4n) is 2.55. The number of carbonyl (C=O) groups is 1. The SMILES string of the molecule is O=C(Cc1csc(-c2ncccn2)n1)Nc1ccnc(-c2ccccc2)c1. The van der Waals surface area contributed by atoms with Gasteiger partial charge in [0.1, 0.15) is 0 Å². The Morgan fingerprint density at radius 3 is 2.59 bits per heavy atom. The highest BCUT2D eigenvalue weighted by molar-refractivity contribution is 7.13. The zero-order valence-corrected chi connectivity index (χ0v) is 15.1. The van der Waals surface area contributed by atoms with E-state index in [1.165, 1.54) is 11.3 Å². The van der Waals surface area contributed by atoms with Crippen LogP contribution in [-0.2, 0) is 11.2 Å². The first-order valence-electron chi connectivity index (χ1n) is 8.31. The summed E-state index contributed by atoms with van der Waals surface area (Å²) in [7, 11) is 0. The number of thiazole rings is 1. The molecule has 1 N–H and O–H groups in total. The smallest absolute Gasteiger partial charge is 0.230 e. The first-order chi connectivity index (χ1) is 13.3. The van der Waals surface area contributed by atoms with Gasteiger partial charge in [0, 0.05) is 35.2 Å². The van der Waals surface area contributed by atoms with Gasteiger partial charge in [-0.1, -0.05) is 30.3 Å². The van der Waals surface area contributed by atoms with Crippen LogP contribution in [0, 0.1) is 0 Å². The molecular formula is C20H15N5OS. The van der Waals surface area contributed by atoms with E-state index in [1.54, 1.807) is 30.7 Å². The molecule has 0 saturated heterocycles. The predicted octanol–water partition coefficient (Wildman–Crippen LogP) is 3.84. The van der Waals surface area contributed by atoms with Crippen LogP contribution >= 0.6 is 11.3 Å². The highest BCUT2D eigenvalue weighted by atomic mass is 32.1. The van der Waals surface area contributed by atoms with Crippen LogP contribution in [0.3, 0.4) is 0 Å². The second kappa shape index (κ2) is 7.84. The molecule has 7 heteroatoms. The Morgan fingerprint density at radius 2 is 1.78 bits per heavy atom. The lowest BCUT2D eigenvalue weighted by Gasteiger charge is -2.06. The normalized spacial score (nSPS) is 10.5. The third-order valence-corrected chi connectivity index (χ3v) is 4.65. The zero-order valence-electron chi connectivity index (χ0n) is 14.2. The van der Waals surface area contributed by atoms with Crippen LogP contribution < -0.4 is 5.32 Å². The van der Waals surface area contributed by atoms with E-state index in [4.69, 9.17) is 0 Å². The average molecular weight is 373 g/mol. The van der Waals surface area contributed by atoms with E-state index in [0.717, 1.165) is 11.3 Å². The van der Waals surface area contributed by atoms with Gasteiger partial charge in [0.15, 0.2) is 10.8 Å². The Hall–Kier alpha value is -3.45. The summed E-state index contributed by atoms with van der Waals surface area (Å²) in [6, 6.07) is 15.2. The maximum absolute atomic E-state index is 12.4. The number of amides is 1. The monoisotopic (exact) mass is 373 g/mol. The van der Waals surface area contributed by atoms with Crippen molar-refractivity contribution in [2.24, 2.45) is 0 Å². The van der Waals surface area contributed by atoms with Crippen molar-refractivity contribution in [3.63, 3.8) is 0 Å². The second-order valence-corrected chi connectivity index (χ2v) is 6.60. The minimum atomic E-state index is -0.133. The summed E-state index contributed by atoms with van der Waals surface area (Å²) >= 11 is 1.42. The first-order valence-corrected chi connectivity index (χ1v) is 9.19. The van der Waals surface area contributed by atoms with Crippen molar-refractivity contribution >= 4 is 22.9 Å². The topological polar surface area (TPSA) is 80.7 Å². The summed E-state index contributed by atoms with van der Waals surface area (Å²) in [5, 5.41) is 5.46. The molecule has 132 valence electrons. The van der Waals surface area contributed by atoms with Crippen LogP contribution in [0.5, 0.6) is 0 Å². The third-order valence-electron chi connectivity index (χ3n) is 3.76. The van der Waals surface area contributed by atoms with Gasteiger partial charge in [-0.3, -0.25) is 9.78 Å². The lowest BCUT2D eigenvalue weighted by molar-refractivity contribution is -0.115. The lowest BCUT2D eigenvalue weighted by Crippen LogP contribution is -2.14. The minimum absolute atomic E-state index is 0.133. The lowest BCUT2D eigenvalue weighted by atomic mass is 10.1. The minimum Gasteiger partial charge on any atom is -0.326 e. The van der Waals surface area contributed by atoms with Gasteiger partial charge in [-0.25, -0.2) is 15.0 Å². The van der Waals surface area contributed by atoms with E-state index < -0.39 is 0 Å². The standard InChI is InChI=1S/C20H15N5OS/c26-18(12-16-13-27-20(25-16)19-22-8-4-9-23-19)24-15-7-10-21-17(11-15)14-5-2-1-3-6-14/h1-11,13H,12H2,(H,21,24,26). The van der Waals surface area contributed by atoms with Crippen molar-refractivity contribution in [2.45, 2.75) is 6.42 Å². The maximum Gasteiger partial charge on any atom is 0.230 e. The highest BCUT2D eigenvalue weighted by Gasteiger charge is 2.11. The van der Waals surface area contributed by atoms with E-state index in [0.29, 0.717) is 22.2 Å². The van der Waals surface area contributed by atoms with Gasteiger partial charge >= 0.3 is 0 Å². The number of hydrogen-bond acceptors (Lipinski definition) is 6. The number of nitrogens with zero attached hydrogens (tertiary/aromatic N) is 4. The molecule has 0 saturated carbocycles. The van der Waals surface area contributed by atoms with E-state index in [1.807, 2.05) is 41.8 Å². The molecule has 6 nitrogen and oxygen atoms in total. The number of nitrogens with one attached hydrogen (secondary N) is 1. The van der Waals surface area contributed by atoms with Crippen molar-refractivity contribution in [1.29, 1.82) is 0 Å². The van der Waals surface area contributed by atoms with Gasteiger partial charge < -0.3 is 5.32 Å². The Bertz CT molecular complexity index is 1050. The number of carbonyl (C=O) groups excluding carboxylic acids is 1. The largest absolute Gasteiger partial charge is 0.326 e. The number of benzene rings is 1. The van der Waals surface area contributed by atoms with Crippen LogP contribution in [0.25, 0.3) is 22.1 Å². The third kappa shape index (κ3) is 4.21. The summed E-state index contributed by atoms with van der Waals surface area (Å²) in [6.07, 6.45) is 5.21. The summed E-state index contributed by atoms with van der Waals surface area (Å²) in [4.78, 5) is 29.5. The second-order valence-electron chi connectivity index (χ2n) is 5.74. The molecule has 4 aromatic rings. The predicted molar refractivity (Wildman–Crippen MR) is 105 cm³/mol. The molecule has 1 aromatic carbocycles. The number of rotatable bonds is 5. The molecule has 3 heterocycles. The van der Waals surface area contributed by atoms with E-state index >= 15 is 0 Å². The Labute approximate surface area is 160 Å². The van der Waals surface area contributed by atoms with Gasteiger partial charge in [-0.2, -0.15) is 0 Å². The Morgan fingerprint density at radius 1 is 0.963 bits per heavy atom. The molecule has 1 amide bonds. The molecule has 0 fully saturated rings. The fourth-order valence-corrected chi connectivity index (χ4v) is 3.31. The van der Waals surface area contributed by atoms with Crippen LogP contribution in [0.1, 0.15) is 5.69 Å². The van der Waals surface area contributed by atoms with Crippen molar-refractivity contribution in [3.8, 4) is 22.1 Å². The summed E-state index contributed by atoms with van der Waals surface area (Å²) < 4.78 is 0. The molecule has 27 heavy (non-hydrogen) atoms. The van der Waals surface area contributed by atoms with Gasteiger partial charge in [-0.15, -0.1) is 11.3 Å². The molecule has 0 spiro atoms. The van der Waals surface area contributed by atoms with Crippen LogP contribution in [0.2, 0.25) is 0 Å². The maximum atomic E-state index is 12.4. The van der Waals surface area contributed by atoms with Crippen LogP contribution in [0.15, 0.2) is 72.5 Å². The number of pyridine rings is 1. The van der Waals surface area contributed by atoms with Gasteiger partial charge in [0.2, 0.25) is 5.91 Å². The van der Waals surface area contributed by atoms with Crippen molar-refractivity contribution in [1.82, 2.24) is 19.9 Å². The molecule has 0 atom stereocenters. The van der Waals surface area contributed by atoms with Crippen molar-refractivity contribution in [3.05, 3.63) is 78.2 Å². The molecule has 0 radical (unpaired) electrons. The van der Waals surface area contributed by atoms with Crippen LogP contribution in [-0.4, -0.2) is 25.8 Å². The van der Waals surface area contributed by atoms with Crippen molar-refractivity contribution < 1.29 is 4.79 Å². The van der Waals surface area contributed by atoms with Gasteiger partial charge in [0.25, 0.3) is 0 Å². The molecule has 0 aliphatic carbocycles. The molecular weight excluding hydrogens is 358 g/mol. The number of anilines is 1. The summed E-state index contributed by atoms with van der Waals surface area (Å²) in [6.45, 7) is 0. The average Bonchev–Trinajstić information content (AvgIpc) is 3.18. The Kier molecular flexibility index (Phi) is 4.93. The van der Waals surface area contributed by atoms with Gasteiger partial charge in [-0.05, 0) is 18.2 Å². The van der Waals surface area contributed by atoms with Crippen molar-refractivity contribution in [2.75, 3.05) is 5.32 Å². The first kappa shape index (κ1) is 17.0. The quantitative estimate of drug-likeness (QED) is 0.575. The molecule has 3 aromatic heterocycles.